The molecule has 0 spiro atoms. The molecular weight excluding hydrogens is 416 g/mol. The lowest BCUT2D eigenvalue weighted by Crippen LogP contribution is -3.12. The number of phenols is 1. The molecule has 1 amide bonds. The number of aryl methyl sites for hydroxylation is 1. The minimum atomic E-state index is -0.300. The third kappa shape index (κ3) is 4.36. The lowest BCUT2D eigenvalue weighted by atomic mass is 9.98. The topological polar surface area (TPSA) is 76.1 Å². The third-order valence-corrected chi connectivity index (χ3v) is 6.34. The van der Waals surface area contributed by atoms with Crippen molar-refractivity contribution in [1.82, 2.24) is 0 Å². The van der Waals surface area contributed by atoms with Crippen LogP contribution in [0.5, 0.6) is 11.5 Å². The van der Waals surface area contributed by atoms with Crippen LogP contribution in [0.4, 0.5) is 5.69 Å². The Labute approximate surface area is 186 Å². The van der Waals surface area contributed by atoms with E-state index >= 15 is 0 Å². The Balaban J connectivity index is 1.70. The number of hydrogen-bond donors (Lipinski definition) is 3. The van der Waals surface area contributed by atoms with Crippen LogP contribution in [0.2, 0.25) is 5.02 Å². The molecule has 0 bridgehead atoms. The van der Waals surface area contributed by atoms with Gasteiger partial charge in [0.2, 0.25) is 0 Å². The van der Waals surface area contributed by atoms with Gasteiger partial charge in [0.25, 0.3) is 5.91 Å². The fourth-order valence-corrected chi connectivity index (χ4v) is 4.82. The average molecular weight is 444 g/mol. The third-order valence-electron chi connectivity index (χ3n) is 6.04. The van der Waals surface area contributed by atoms with Gasteiger partial charge >= 0.3 is 0 Å². The Hall–Kier alpha value is -2.70. The number of fused-ring (bicyclic) bond motifs is 1. The van der Waals surface area contributed by atoms with Gasteiger partial charge in [-0.05, 0) is 50.1 Å². The van der Waals surface area contributed by atoms with Crippen LogP contribution < -0.4 is 15.0 Å². The van der Waals surface area contributed by atoms with Gasteiger partial charge in [-0.3, -0.25) is 4.79 Å². The van der Waals surface area contributed by atoms with Gasteiger partial charge in [0.15, 0.2) is 0 Å². The van der Waals surface area contributed by atoms with E-state index in [-0.39, 0.29) is 11.7 Å². The van der Waals surface area contributed by atoms with Crippen LogP contribution in [0, 0.1) is 12.8 Å². The number of piperidine rings is 1. The number of furan rings is 1. The standard InChI is InChI=1S/C24H27ClN2O4/c1-14-5-4-10-27(12-14)13-17-19(28)7-9-21-23(17)22(15(2)31-21)24(29)26-16-6-8-20(30-3)18(25)11-16/h6-9,11,14,28H,4-5,10,12-13H2,1-3H3,(H,26,29)/p+1. The van der Waals surface area contributed by atoms with Crippen LogP contribution in [0.1, 0.15) is 41.4 Å². The number of halogens is 1. The maximum Gasteiger partial charge on any atom is 0.259 e. The molecule has 3 N–H and O–H groups in total. The van der Waals surface area contributed by atoms with Crippen LogP contribution in [0.15, 0.2) is 34.7 Å². The number of nitrogens with one attached hydrogen (secondary N) is 2. The van der Waals surface area contributed by atoms with Crippen molar-refractivity contribution < 1.29 is 24.0 Å². The molecule has 2 atom stereocenters. The fourth-order valence-electron chi connectivity index (χ4n) is 4.56. The summed E-state index contributed by atoms with van der Waals surface area (Å²) in [6, 6.07) is 8.45. The number of anilines is 1. The van der Waals surface area contributed by atoms with Crippen molar-refractivity contribution >= 4 is 34.2 Å². The summed E-state index contributed by atoms with van der Waals surface area (Å²) >= 11 is 6.20. The van der Waals surface area contributed by atoms with Gasteiger partial charge in [-0.15, -0.1) is 0 Å². The quantitative estimate of drug-likeness (QED) is 0.553. The van der Waals surface area contributed by atoms with Crippen molar-refractivity contribution in [2.75, 3.05) is 25.5 Å². The van der Waals surface area contributed by atoms with E-state index in [0.29, 0.717) is 51.2 Å². The molecule has 4 rings (SSSR count). The number of methoxy groups -OCH3 is 1. The van der Waals surface area contributed by atoms with Gasteiger partial charge in [0, 0.05) is 17.0 Å². The summed E-state index contributed by atoms with van der Waals surface area (Å²) in [6.45, 7) is 6.80. The fraction of sp³-hybridized carbons (Fsp3) is 0.375. The normalized spacial score (nSPS) is 18.8. The average Bonchev–Trinajstić information content (AvgIpc) is 3.07. The van der Waals surface area contributed by atoms with Gasteiger partial charge in [0.1, 0.15) is 29.4 Å². The molecule has 2 unspecified atom stereocenters. The number of aromatic hydroxyl groups is 1. The zero-order valence-electron chi connectivity index (χ0n) is 18.0. The number of carbonyl (C=O) groups is 1. The molecule has 164 valence electrons. The summed E-state index contributed by atoms with van der Waals surface area (Å²) < 4.78 is 11.1. The van der Waals surface area contributed by atoms with E-state index in [1.54, 1.807) is 44.4 Å². The van der Waals surface area contributed by atoms with Crippen LogP contribution in [-0.4, -0.2) is 31.2 Å². The van der Waals surface area contributed by atoms with E-state index in [9.17, 15) is 9.90 Å². The lowest BCUT2D eigenvalue weighted by Gasteiger charge is -2.28. The molecule has 3 aromatic rings. The minimum absolute atomic E-state index is 0.195. The highest BCUT2D eigenvalue weighted by atomic mass is 35.5. The molecule has 1 saturated heterocycles. The van der Waals surface area contributed by atoms with Crippen molar-refractivity contribution in [3.8, 4) is 11.5 Å². The number of hydrogen-bond acceptors (Lipinski definition) is 4. The van der Waals surface area contributed by atoms with E-state index in [1.165, 1.54) is 17.7 Å². The molecule has 1 aromatic heterocycles. The van der Waals surface area contributed by atoms with Crippen molar-refractivity contribution in [3.05, 3.63) is 52.2 Å². The second kappa shape index (κ2) is 8.81. The monoisotopic (exact) mass is 443 g/mol. The number of benzene rings is 2. The van der Waals surface area contributed by atoms with Crippen LogP contribution in [0.25, 0.3) is 11.0 Å². The van der Waals surface area contributed by atoms with Gasteiger partial charge in [-0.1, -0.05) is 18.5 Å². The summed E-state index contributed by atoms with van der Waals surface area (Å²) in [5.74, 6) is 1.60. The van der Waals surface area contributed by atoms with Gasteiger partial charge in [-0.25, -0.2) is 0 Å². The first-order valence-electron chi connectivity index (χ1n) is 10.6. The number of phenolic OH excluding ortho intramolecular Hbond substituents is 1. The van der Waals surface area contributed by atoms with Crippen LogP contribution in [-0.2, 0) is 6.54 Å². The molecule has 1 fully saturated rings. The zero-order chi connectivity index (χ0) is 22.1. The lowest BCUT2D eigenvalue weighted by molar-refractivity contribution is -0.922. The molecule has 7 heteroatoms. The molecule has 6 nitrogen and oxygen atoms in total. The zero-order valence-corrected chi connectivity index (χ0v) is 18.8. The highest BCUT2D eigenvalue weighted by Gasteiger charge is 2.27. The number of carbonyl (C=O) groups excluding carboxylic acids is 1. The number of quaternary nitrogens is 1. The first kappa shape index (κ1) is 21.5. The first-order chi connectivity index (χ1) is 14.9. The summed E-state index contributed by atoms with van der Waals surface area (Å²) in [7, 11) is 1.54. The molecule has 0 aliphatic carbocycles. The Bertz CT molecular complexity index is 1120. The number of ether oxygens (including phenoxy) is 1. The second-order valence-corrected chi connectivity index (χ2v) is 8.81. The smallest absolute Gasteiger partial charge is 0.259 e. The number of rotatable bonds is 5. The Morgan fingerprint density at radius 2 is 2.16 bits per heavy atom. The van der Waals surface area contributed by atoms with Crippen molar-refractivity contribution in [1.29, 1.82) is 0 Å². The highest BCUT2D eigenvalue weighted by Crippen LogP contribution is 2.34. The predicted molar refractivity (Wildman–Crippen MR) is 121 cm³/mol. The predicted octanol–water partition coefficient (Wildman–Crippen LogP) is 4.18. The number of likely N-dealkylation sites (tertiary alicyclic amines) is 1. The summed E-state index contributed by atoms with van der Waals surface area (Å²) in [5, 5.41) is 14.7. The van der Waals surface area contributed by atoms with Gasteiger partial charge in [-0.2, -0.15) is 0 Å². The highest BCUT2D eigenvalue weighted by molar-refractivity contribution is 6.32. The van der Waals surface area contributed by atoms with E-state index in [4.69, 9.17) is 20.8 Å². The van der Waals surface area contributed by atoms with E-state index in [2.05, 4.69) is 12.2 Å². The van der Waals surface area contributed by atoms with Crippen LogP contribution in [0.3, 0.4) is 0 Å². The van der Waals surface area contributed by atoms with Gasteiger partial charge in [0.05, 0.1) is 36.3 Å². The maximum atomic E-state index is 13.2. The molecule has 1 aliphatic heterocycles. The van der Waals surface area contributed by atoms with Crippen molar-refractivity contribution in [2.24, 2.45) is 5.92 Å². The summed E-state index contributed by atoms with van der Waals surface area (Å²) in [4.78, 5) is 14.7. The molecule has 2 heterocycles. The Morgan fingerprint density at radius 3 is 2.87 bits per heavy atom. The van der Waals surface area contributed by atoms with E-state index in [1.807, 2.05) is 0 Å². The molecule has 0 saturated carbocycles. The van der Waals surface area contributed by atoms with Crippen molar-refractivity contribution in [3.63, 3.8) is 0 Å². The largest absolute Gasteiger partial charge is 0.507 e. The van der Waals surface area contributed by atoms with Gasteiger partial charge < -0.3 is 24.5 Å². The second-order valence-electron chi connectivity index (χ2n) is 8.40. The summed E-state index contributed by atoms with van der Waals surface area (Å²) in [5.41, 5.74) is 2.36. The minimum Gasteiger partial charge on any atom is -0.507 e. The molecule has 2 aromatic carbocycles. The molecular formula is C24H28ClN2O4+. The Kier molecular flexibility index (Phi) is 6.12. The number of amides is 1. The first-order valence-corrected chi connectivity index (χ1v) is 11.0. The molecule has 0 radical (unpaired) electrons. The molecule has 31 heavy (non-hydrogen) atoms. The van der Waals surface area contributed by atoms with E-state index in [0.717, 1.165) is 18.7 Å². The summed E-state index contributed by atoms with van der Waals surface area (Å²) in [6.07, 6.45) is 2.41. The van der Waals surface area contributed by atoms with Crippen LogP contribution >= 0.6 is 11.6 Å². The van der Waals surface area contributed by atoms with E-state index < -0.39 is 0 Å². The maximum absolute atomic E-state index is 13.2. The SMILES string of the molecule is COc1ccc(NC(=O)c2c(C)oc3ccc(O)c(C[NH+]4CCCC(C)C4)c23)cc1Cl. The van der Waals surface area contributed by atoms with Crippen molar-refractivity contribution in [2.45, 2.75) is 33.2 Å². The Morgan fingerprint density at radius 1 is 1.35 bits per heavy atom. The molecule has 1 aliphatic rings.